The van der Waals surface area contributed by atoms with E-state index >= 15 is 0 Å². The molecule has 4 aromatic rings. The van der Waals surface area contributed by atoms with E-state index in [4.69, 9.17) is 39.9 Å². The summed E-state index contributed by atoms with van der Waals surface area (Å²) >= 11 is 0. The first kappa shape index (κ1) is 68.6. The summed E-state index contributed by atoms with van der Waals surface area (Å²) in [6, 6.07) is 18.2. The minimum Gasteiger partial charge on any atom is -0.490 e. The van der Waals surface area contributed by atoms with E-state index in [9.17, 15) is 0 Å². The molecule has 3 aromatic carbocycles. The smallest absolute Gasteiger partial charge is 0.331 e. The molecule has 0 spiro atoms. The van der Waals surface area contributed by atoms with E-state index in [0.717, 1.165) is 44.1 Å². The molecule has 11 heteroatoms. The van der Waals surface area contributed by atoms with E-state index in [1.54, 1.807) is 48.5 Å². The van der Waals surface area contributed by atoms with Crippen LogP contribution in [0.5, 0.6) is 46.8 Å². The molecule has 11 nitrogen and oxygen atoms in total. The van der Waals surface area contributed by atoms with Crippen LogP contribution in [0.2, 0.25) is 0 Å². The number of unbranched alkanes of at least 4 members (excludes halogenated alkanes) is 39. The maximum atomic E-state index is 6.73. The molecule has 0 atom stereocenters. The minimum absolute atomic E-state index is 0.0110. The van der Waals surface area contributed by atoms with Gasteiger partial charge in [-0.25, -0.2) is 0 Å². The predicted octanol–water partition coefficient (Wildman–Crippen LogP) is 21.8. The lowest BCUT2D eigenvalue weighted by molar-refractivity contribution is 0.230. The Labute approximate surface area is 494 Å². The SMILES string of the molecule is CCCCCCCCCCCCCCCCOc1cc(COc2nc(Oc3ccc(N)cc3)nc(Oc3ccc(N)cc3)n2)cc(OCCCCCCCCCCCCCCCC)c1OCCCCCCCCCCCCCCCC. The molecule has 0 aliphatic heterocycles. The van der Waals surface area contributed by atoms with E-state index in [1.165, 1.54) is 231 Å². The van der Waals surface area contributed by atoms with Gasteiger partial charge in [-0.2, -0.15) is 0 Å². The van der Waals surface area contributed by atoms with Crippen molar-refractivity contribution in [1.29, 1.82) is 0 Å². The van der Waals surface area contributed by atoms with Crippen molar-refractivity contribution in [3.63, 3.8) is 0 Å². The zero-order valence-electron chi connectivity index (χ0n) is 51.7. The highest BCUT2D eigenvalue weighted by Crippen LogP contribution is 2.40. The van der Waals surface area contributed by atoms with Gasteiger partial charge in [-0.15, -0.1) is 15.0 Å². The van der Waals surface area contributed by atoms with Crippen molar-refractivity contribution in [3.8, 4) is 46.8 Å². The van der Waals surface area contributed by atoms with E-state index in [-0.39, 0.29) is 24.6 Å². The van der Waals surface area contributed by atoms with Gasteiger partial charge in [0.15, 0.2) is 11.5 Å². The van der Waals surface area contributed by atoms with E-state index in [1.807, 2.05) is 12.1 Å². The van der Waals surface area contributed by atoms with Crippen LogP contribution in [-0.2, 0) is 6.61 Å². The first-order chi connectivity index (χ1) is 40.0. The molecular weight excluding hydrogens is 1010 g/mol. The summed E-state index contributed by atoms with van der Waals surface area (Å²) < 4.78 is 38.7. The number of rotatable bonds is 55. The second-order valence-corrected chi connectivity index (χ2v) is 23.1. The monoisotopic (exact) mass is 1120 g/mol. The van der Waals surface area contributed by atoms with Crippen LogP contribution in [0.3, 0.4) is 0 Å². The average molecular weight is 1120 g/mol. The van der Waals surface area contributed by atoms with Gasteiger partial charge < -0.3 is 39.9 Å². The Kier molecular flexibility index (Phi) is 40.3. The third kappa shape index (κ3) is 35.0. The predicted molar refractivity (Wildman–Crippen MR) is 340 cm³/mol. The Hall–Kier alpha value is -4.93. The molecule has 456 valence electrons. The van der Waals surface area contributed by atoms with Crippen LogP contribution in [-0.4, -0.2) is 34.8 Å². The van der Waals surface area contributed by atoms with Gasteiger partial charge in [0.25, 0.3) is 0 Å². The first-order valence-electron chi connectivity index (χ1n) is 33.5. The van der Waals surface area contributed by atoms with Crippen LogP contribution in [0, 0.1) is 0 Å². The van der Waals surface area contributed by atoms with Crippen molar-refractivity contribution in [2.75, 3.05) is 31.3 Å². The Morgan fingerprint density at radius 3 is 0.852 bits per heavy atom. The lowest BCUT2D eigenvalue weighted by Crippen LogP contribution is -2.08. The van der Waals surface area contributed by atoms with Crippen molar-refractivity contribution in [1.82, 2.24) is 15.0 Å². The quantitative estimate of drug-likeness (QED) is 0.0322. The number of anilines is 2. The van der Waals surface area contributed by atoms with Gasteiger partial charge in [-0.3, -0.25) is 0 Å². The fourth-order valence-corrected chi connectivity index (χ4v) is 10.4. The zero-order valence-corrected chi connectivity index (χ0v) is 51.7. The summed E-state index contributed by atoms with van der Waals surface area (Å²) in [6.07, 6.45) is 55.1. The molecule has 1 heterocycles. The van der Waals surface area contributed by atoms with Crippen LogP contribution in [0.25, 0.3) is 0 Å². The maximum absolute atomic E-state index is 6.73. The molecule has 0 unspecified atom stereocenters. The number of nitrogen functional groups attached to an aromatic ring is 2. The molecule has 81 heavy (non-hydrogen) atoms. The van der Waals surface area contributed by atoms with Crippen molar-refractivity contribution in [3.05, 3.63) is 66.2 Å². The molecule has 0 fully saturated rings. The molecule has 4 N–H and O–H groups in total. The molecule has 0 bridgehead atoms. The molecule has 0 radical (unpaired) electrons. The summed E-state index contributed by atoms with van der Waals surface area (Å²) in [5.41, 5.74) is 14.0. The lowest BCUT2D eigenvalue weighted by atomic mass is 10.0. The Morgan fingerprint density at radius 1 is 0.296 bits per heavy atom. The molecule has 0 aliphatic carbocycles. The Bertz CT molecular complexity index is 1970. The van der Waals surface area contributed by atoms with Crippen molar-refractivity contribution in [2.24, 2.45) is 0 Å². The second kappa shape index (κ2) is 47.5. The lowest BCUT2D eigenvalue weighted by Gasteiger charge is -2.19. The van der Waals surface area contributed by atoms with Crippen LogP contribution in [0.15, 0.2) is 60.7 Å². The van der Waals surface area contributed by atoms with E-state index < -0.39 is 0 Å². The molecule has 0 aliphatic rings. The van der Waals surface area contributed by atoms with Crippen LogP contribution in [0.4, 0.5) is 11.4 Å². The van der Waals surface area contributed by atoms with Crippen LogP contribution in [0.1, 0.15) is 296 Å². The first-order valence-corrected chi connectivity index (χ1v) is 33.5. The number of aromatic nitrogens is 3. The largest absolute Gasteiger partial charge is 0.490 e. The van der Waals surface area contributed by atoms with Gasteiger partial charge in [0.2, 0.25) is 5.75 Å². The summed E-state index contributed by atoms with van der Waals surface area (Å²) in [6.45, 7) is 8.80. The zero-order chi connectivity index (χ0) is 57.3. The van der Waals surface area contributed by atoms with Crippen LogP contribution < -0.4 is 39.9 Å². The normalized spacial score (nSPS) is 11.3. The third-order valence-electron chi connectivity index (χ3n) is 15.5. The average Bonchev–Trinajstić information content (AvgIpc) is 3.58. The summed E-state index contributed by atoms with van der Waals surface area (Å²) in [4.78, 5) is 13.6. The fraction of sp³-hybridized carbons (Fsp3) is 0.700. The minimum atomic E-state index is 0.0110. The number of nitrogens with zero attached hydrogens (tertiary/aromatic N) is 3. The van der Waals surface area contributed by atoms with Crippen molar-refractivity contribution >= 4 is 11.4 Å². The molecule has 0 saturated carbocycles. The number of benzene rings is 3. The summed E-state index contributed by atoms with van der Waals surface area (Å²) in [5.74, 6) is 3.06. The molecular formula is C70H115N5O6. The van der Waals surface area contributed by atoms with Gasteiger partial charge in [-0.05, 0) is 85.5 Å². The van der Waals surface area contributed by atoms with Crippen molar-refractivity contribution in [2.45, 2.75) is 297 Å². The number of nitrogens with two attached hydrogens (primary N) is 2. The van der Waals surface area contributed by atoms with E-state index in [0.29, 0.717) is 59.9 Å². The highest BCUT2D eigenvalue weighted by molar-refractivity contribution is 5.54. The third-order valence-corrected chi connectivity index (χ3v) is 15.5. The molecule has 0 saturated heterocycles. The standard InChI is InChI=1S/C70H115N5O6/c1-4-7-10-13-16-19-22-25-28-31-34-37-40-43-54-76-65-57-60(59-79-68-73-69(80-63-50-46-61(71)47-51-63)75-70(74-68)81-64-52-48-62(72)49-53-64)58-66(77-55-44-41-38-35-32-29-26-23-20-17-14-11-8-5-2)67(65)78-56-45-42-39-36-33-30-27-24-21-18-15-12-9-6-3/h46-53,57-58H,4-45,54-56,59,71-72H2,1-3H3. The number of ether oxygens (including phenoxy) is 6. The Morgan fingerprint density at radius 2 is 0.556 bits per heavy atom. The highest BCUT2D eigenvalue weighted by atomic mass is 16.5. The second-order valence-electron chi connectivity index (χ2n) is 23.1. The highest BCUT2D eigenvalue weighted by Gasteiger charge is 2.19. The van der Waals surface area contributed by atoms with Gasteiger partial charge in [0, 0.05) is 11.4 Å². The number of hydrogen-bond donors (Lipinski definition) is 2. The van der Waals surface area contributed by atoms with Gasteiger partial charge in [0.1, 0.15) is 18.1 Å². The van der Waals surface area contributed by atoms with Crippen LogP contribution >= 0.6 is 0 Å². The molecule has 0 amide bonds. The summed E-state index contributed by atoms with van der Waals surface area (Å²) in [5, 5.41) is 0. The number of hydrogen-bond acceptors (Lipinski definition) is 11. The Balaban J connectivity index is 1.42. The summed E-state index contributed by atoms with van der Waals surface area (Å²) in [7, 11) is 0. The van der Waals surface area contributed by atoms with E-state index in [2.05, 4.69) is 35.7 Å². The maximum Gasteiger partial charge on any atom is 0.331 e. The topological polar surface area (TPSA) is 146 Å². The molecule has 1 aromatic heterocycles. The van der Waals surface area contributed by atoms with Gasteiger partial charge in [-0.1, -0.05) is 271 Å². The van der Waals surface area contributed by atoms with Crippen molar-refractivity contribution < 1.29 is 28.4 Å². The fourth-order valence-electron chi connectivity index (χ4n) is 10.4. The van der Waals surface area contributed by atoms with Gasteiger partial charge in [0.05, 0.1) is 19.8 Å². The van der Waals surface area contributed by atoms with Gasteiger partial charge >= 0.3 is 18.0 Å². The molecule has 4 rings (SSSR count).